The highest BCUT2D eigenvalue weighted by atomic mass is 19.4. The molecule has 0 aliphatic heterocycles. The van der Waals surface area contributed by atoms with Gasteiger partial charge < -0.3 is 9.13 Å². The summed E-state index contributed by atoms with van der Waals surface area (Å²) >= 11 is 0. The van der Waals surface area contributed by atoms with Crippen molar-refractivity contribution >= 4 is 43.6 Å². The molecule has 118 heavy (non-hydrogen) atoms. The summed E-state index contributed by atoms with van der Waals surface area (Å²) in [7, 11) is 0. The monoisotopic (exact) mass is 1540 g/mol. The number of benzene rings is 15. The van der Waals surface area contributed by atoms with E-state index in [1.807, 2.05) is 249 Å². The smallest absolute Gasteiger partial charge is 0.309 e. The van der Waals surface area contributed by atoms with E-state index in [0.717, 1.165) is 72.5 Å². The number of alkyl halides is 6. The molecule has 17 heteroatoms. The quantitative estimate of drug-likeness (QED) is 0.0966. The van der Waals surface area contributed by atoms with Crippen LogP contribution in [0.4, 0.5) is 26.3 Å². The Balaban J connectivity index is 0.796. The first-order valence-corrected chi connectivity index (χ1v) is 37.7. The lowest BCUT2D eigenvalue weighted by molar-refractivity contribution is -0.137. The van der Waals surface area contributed by atoms with Crippen LogP contribution in [0.5, 0.6) is 0 Å². The molecule has 0 N–H and O–H groups in total. The van der Waals surface area contributed by atoms with Crippen LogP contribution in [0.15, 0.2) is 346 Å². The third-order valence-corrected chi connectivity index (χ3v) is 21.4. The molecule has 0 saturated heterocycles. The zero-order valence-corrected chi connectivity index (χ0v) is 62.1. The lowest BCUT2D eigenvalue weighted by atomic mass is 9.93. The number of halogens is 6. The van der Waals surface area contributed by atoms with E-state index in [-0.39, 0.29) is 33.9 Å². The minimum absolute atomic E-state index is 0.0793. The number of aromatic nitrogens is 8. The van der Waals surface area contributed by atoms with Gasteiger partial charge in [-0.1, -0.05) is 249 Å². The second kappa shape index (κ2) is 29.5. The third kappa shape index (κ3) is 13.3. The first kappa shape index (κ1) is 72.2. The van der Waals surface area contributed by atoms with Gasteiger partial charge in [-0.3, -0.25) is 0 Å². The Bertz CT molecular complexity index is 7250. The molecule has 15 aromatic carbocycles. The SMILES string of the molecule is N#Cc1ccc(-c2ccc3c(c2)c2ccc(-c4ccc(-c5ccc6c7ccc(-c8cccc(C#N)c8)cc7n(-c7ccc(-c8ccccc8C(F)(F)F)c(-c8nc(-c9ccccc9)nc(-c9ccccc9)n8)c7)c6c5)cc4C#N)cc2n3-c2ccc(-c3ccccc3C(F)(F)F)c(-c3nc(-c4ccccc4)nc(-c4ccccc4)n3)c2)cc1. The van der Waals surface area contributed by atoms with Crippen LogP contribution in [0.2, 0.25) is 0 Å². The number of nitrogens with zero attached hydrogens (tertiary/aromatic N) is 11. The van der Waals surface area contributed by atoms with Crippen molar-refractivity contribution in [3.8, 4) is 165 Å². The fraction of sp³-hybridized carbons (Fsp3) is 0.0198. The van der Waals surface area contributed by atoms with Gasteiger partial charge in [0.2, 0.25) is 0 Å². The standard InChI is InChI=1S/C101H57F6N11/c102-100(103,104)88-30-15-13-28-80(88)78-47-41-75(56-86(78)98-113-94(64-19-5-1-6-20-64)111-95(114-98)65-21-7-2-8-22-65)117-90-49-40-70(63-34-32-61(58-108)33-35-63)52-85(90)84-46-39-73(55-93(84)117)77-43-36-69(51-74(77)60-110)72-38-45-83-82-44-37-71(68-27-17-18-62(50-68)59-109)53-91(82)118(92(83)54-72)76-42-48-79(81-29-14-16-31-89(81)101(105,106)107)87(57-76)99-115-96(66-23-9-3-10-24-66)112-97(116-99)67-25-11-4-12-26-67/h1-57H. The lowest BCUT2D eigenvalue weighted by Gasteiger charge is -2.18. The summed E-state index contributed by atoms with van der Waals surface area (Å²) in [5.41, 5.74) is 13.1. The maximum atomic E-state index is 15.4. The minimum Gasteiger partial charge on any atom is -0.309 e. The molecule has 11 nitrogen and oxygen atoms in total. The normalized spacial score (nSPS) is 11.6. The Kier molecular flexibility index (Phi) is 18.1. The van der Waals surface area contributed by atoms with E-state index in [1.54, 1.807) is 54.6 Å². The van der Waals surface area contributed by atoms with E-state index in [1.165, 1.54) is 24.3 Å². The van der Waals surface area contributed by atoms with Gasteiger partial charge in [-0.25, -0.2) is 29.9 Å². The van der Waals surface area contributed by atoms with Gasteiger partial charge in [0.15, 0.2) is 34.9 Å². The summed E-state index contributed by atoms with van der Waals surface area (Å²) < 4.78 is 96.5. The van der Waals surface area contributed by atoms with Crippen molar-refractivity contribution in [3.05, 3.63) is 374 Å². The van der Waals surface area contributed by atoms with Crippen molar-refractivity contribution < 1.29 is 26.3 Å². The van der Waals surface area contributed by atoms with Gasteiger partial charge in [-0.05, 0) is 164 Å². The molecule has 0 aliphatic rings. The van der Waals surface area contributed by atoms with Crippen molar-refractivity contribution in [1.29, 1.82) is 15.8 Å². The van der Waals surface area contributed by atoms with Crippen molar-refractivity contribution in [2.75, 3.05) is 0 Å². The minimum atomic E-state index is -4.75. The Labute approximate surface area is 671 Å². The average Bonchev–Trinajstić information content (AvgIpc) is 1.57. The highest BCUT2D eigenvalue weighted by Crippen LogP contribution is 2.48. The summed E-state index contributed by atoms with van der Waals surface area (Å²) in [6.45, 7) is 0. The summed E-state index contributed by atoms with van der Waals surface area (Å²) in [5, 5.41) is 34.7. The maximum absolute atomic E-state index is 15.4. The van der Waals surface area contributed by atoms with Gasteiger partial charge in [0, 0.05) is 66.3 Å². The molecule has 0 fully saturated rings. The highest BCUT2D eigenvalue weighted by molar-refractivity contribution is 6.13. The average molecular weight is 1540 g/mol. The molecule has 0 saturated carbocycles. The Morgan fingerprint density at radius 1 is 0.220 bits per heavy atom. The highest BCUT2D eigenvalue weighted by Gasteiger charge is 2.36. The Morgan fingerprint density at radius 2 is 0.576 bits per heavy atom. The fourth-order valence-corrected chi connectivity index (χ4v) is 15.8. The van der Waals surface area contributed by atoms with Gasteiger partial charge in [-0.2, -0.15) is 42.1 Å². The summed E-state index contributed by atoms with van der Waals surface area (Å²) in [5.74, 6) is 1.48. The molecule has 4 aromatic heterocycles. The van der Waals surface area contributed by atoms with E-state index < -0.39 is 23.5 Å². The van der Waals surface area contributed by atoms with Crippen molar-refractivity contribution in [3.63, 3.8) is 0 Å². The van der Waals surface area contributed by atoms with Gasteiger partial charge in [-0.15, -0.1) is 0 Å². The molecule has 0 bridgehead atoms. The maximum Gasteiger partial charge on any atom is 0.417 e. The molecule has 0 radical (unpaired) electrons. The van der Waals surface area contributed by atoms with E-state index in [9.17, 15) is 15.8 Å². The topological polar surface area (TPSA) is 159 Å². The number of hydrogen-bond donors (Lipinski definition) is 0. The zero-order valence-electron chi connectivity index (χ0n) is 62.1. The molecule has 0 spiro atoms. The molecule has 558 valence electrons. The summed E-state index contributed by atoms with van der Waals surface area (Å²) in [4.78, 5) is 30.3. The molecule has 19 aromatic rings. The van der Waals surface area contributed by atoms with Crippen LogP contribution in [0.3, 0.4) is 0 Å². The number of rotatable bonds is 14. The van der Waals surface area contributed by atoms with Crippen LogP contribution in [-0.2, 0) is 12.4 Å². The number of nitriles is 3. The van der Waals surface area contributed by atoms with Crippen LogP contribution < -0.4 is 0 Å². The molecular formula is C101H57F6N11. The van der Waals surface area contributed by atoms with Gasteiger partial charge in [0.25, 0.3) is 0 Å². The lowest BCUT2D eigenvalue weighted by Crippen LogP contribution is -2.08. The van der Waals surface area contributed by atoms with Crippen molar-refractivity contribution in [2.45, 2.75) is 12.4 Å². The van der Waals surface area contributed by atoms with Gasteiger partial charge >= 0.3 is 12.4 Å². The molecule has 0 atom stereocenters. The fourth-order valence-electron chi connectivity index (χ4n) is 15.8. The Hall–Kier alpha value is -16.0. The molecule has 19 rings (SSSR count). The van der Waals surface area contributed by atoms with Gasteiger partial charge in [0.05, 0.1) is 68.1 Å². The van der Waals surface area contributed by atoms with Crippen LogP contribution in [0, 0.1) is 34.0 Å². The molecule has 0 aliphatic carbocycles. The van der Waals surface area contributed by atoms with Gasteiger partial charge in [0.1, 0.15) is 0 Å². The largest absolute Gasteiger partial charge is 0.417 e. The summed E-state index contributed by atoms with van der Waals surface area (Å²) in [6.07, 6.45) is -9.49. The van der Waals surface area contributed by atoms with Crippen LogP contribution >= 0.6 is 0 Å². The van der Waals surface area contributed by atoms with Crippen LogP contribution in [0.25, 0.3) is 190 Å². The number of hydrogen-bond acceptors (Lipinski definition) is 9. The Morgan fingerprint density at radius 3 is 1.03 bits per heavy atom. The first-order chi connectivity index (χ1) is 57.6. The van der Waals surface area contributed by atoms with Crippen molar-refractivity contribution in [2.24, 2.45) is 0 Å². The van der Waals surface area contributed by atoms with E-state index in [0.29, 0.717) is 112 Å². The van der Waals surface area contributed by atoms with Crippen molar-refractivity contribution in [1.82, 2.24) is 39.0 Å². The number of fused-ring (bicyclic) bond motifs is 6. The molecule has 0 amide bonds. The second-order valence-electron chi connectivity index (χ2n) is 28.5. The van der Waals surface area contributed by atoms with E-state index in [2.05, 4.69) is 33.4 Å². The summed E-state index contributed by atoms with van der Waals surface area (Å²) in [6, 6.07) is 110. The van der Waals surface area contributed by atoms with E-state index in [4.69, 9.17) is 29.9 Å². The van der Waals surface area contributed by atoms with Crippen LogP contribution in [0.1, 0.15) is 27.8 Å². The third-order valence-electron chi connectivity index (χ3n) is 21.4. The predicted molar refractivity (Wildman–Crippen MR) is 451 cm³/mol. The van der Waals surface area contributed by atoms with Crippen LogP contribution in [-0.4, -0.2) is 39.0 Å². The predicted octanol–water partition coefficient (Wildman–Crippen LogP) is 25.9. The second-order valence-corrected chi connectivity index (χ2v) is 28.5. The zero-order chi connectivity index (χ0) is 80.3. The molecule has 4 heterocycles. The molecular weight excluding hydrogens is 1480 g/mol. The van der Waals surface area contributed by atoms with E-state index >= 15 is 26.3 Å². The molecule has 0 unspecified atom stereocenters. The first-order valence-electron chi connectivity index (χ1n) is 37.7.